The van der Waals surface area contributed by atoms with Gasteiger partial charge in [-0.05, 0) is 30.7 Å². The molecule has 0 aromatic heterocycles. The first-order valence-corrected chi connectivity index (χ1v) is 7.92. The first-order chi connectivity index (χ1) is 9.70. The summed E-state index contributed by atoms with van der Waals surface area (Å²) in [5.74, 6) is -1.58. The highest BCUT2D eigenvalue weighted by Gasteiger charge is 2.13. The van der Waals surface area contributed by atoms with E-state index in [1.54, 1.807) is 0 Å². The number of nitrogens with two attached hydrogens (primary N) is 1. The van der Waals surface area contributed by atoms with Gasteiger partial charge < -0.3 is 10.8 Å². The molecule has 0 unspecified atom stereocenters. The van der Waals surface area contributed by atoms with Crippen molar-refractivity contribution < 1.29 is 23.1 Å². The van der Waals surface area contributed by atoms with Gasteiger partial charge in [0.25, 0.3) is 0 Å². The molecule has 1 aromatic rings. The Hall–Kier alpha value is -2.13. The lowest BCUT2D eigenvalue weighted by molar-refractivity contribution is -0.138. The third-order valence-electron chi connectivity index (χ3n) is 2.63. The number of carboxylic acids is 1. The molecule has 21 heavy (non-hydrogen) atoms. The summed E-state index contributed by atoms with van der Waals surface area (Å²) in [7, 11) is -3.26. The van der Waals surface area contributed by atoms with Crippen molar-refractivity contribution in [3.8, 4) is 0 Å². The lowest BCUT2D eigenvalue weighted by atomic mass is 10.2. The molecule has 0 aliphatic carbocycles. The number of rotatable bonds is 7. The number of carbonyl (C=O) groups is 2. The lowest BCUT2D eigenvalue weighted by Crippen LogP contribution is -2.34. The van der Waals surface area contributed by atoms with Crippen LogP contribution in [0, 0.1) is 0 Å². The number of anilines is 1. The summed E-state index contributed by atoms with van der Waals surface area (Å²) in [6.07, 6.45) is 1.08. The van der Waals surface area contributed by atoms with Gasteiger partial charge in [0.2, 0.25) is 5.91 Å². The number of sulfone groups is 1. The zero-order valence-corrected chi connectivity index (χ0v) is 12.2. The zero-order chi connectivity index (χ0) is 16.0. The summed E-state index contributed by atoms with van der Waals surface area (Å²) < 4.78 is 22.5. The molecule has 0 fully saturated rings. The Morgan fingerprint density at radius 2 is 1.86 bits per heavy atom. The normalized spacial score (nSPS) is 12.5. The Labute approximate surface area is 122 Å². The SMILES string of the molecule is CS(=O)(=O)c1ccc(NNC(=O)CC[C@H](N)C(=O)O)cc1. The molecule has 0 aliphatic heterocycles. The second kappa shape index (κ2) is 7.04. The van der Waals surface area contributed by atoms with Crippen molar-refractivity contribution in [2.75, 3.05) is 11.7 Å². The van der Waals surface area contributed by atoms with Crippen LogP contribution >= 0.6 is 0 Å². The molecule has 1 atom stereocenters. The first-order valence-electron chi connectivity index (χ1n) is 6.03. The minimum Gasteiger partial charge on any atom is -0.480 e. The summed E-state index contributed by atoms with van der Waals surface area (Å²) in [5, 5.41) is 8.57. The van der Waals surface area contributed by atoms with Crippen LogP contribution in [0.25, 0.3) is 0 Å². The number of carboxylic acid groups (broad SMARTS) is 1. The van der Waals surface area contributed by atoms with Gasteiger partial charge in [0.05, 0.1) is 10.6 Å². The standard InChI is InChI=1S/C12H17N3O5S/c1-21(19,20)9-4-2-8(3-5-9)14-15-11(16)7-6-10(13)12(17)18/h2-5,10,14H,6-7,13H2,1H3,(H,15,16)(H,17,18)/t10-/m0/s1. The van der Waals surface area contributed by atoms with Gasteiger partial charge in [-0.3, -0.25) is 20.4 Å². The average Bonchev–Trinajstić information content (AvgIpc) is 2.41. The Morgan fingerprint density at radius 1 is 1.29 bits per heavy atom. The van der Waals surface area contributed by atoms with E-state index in [0.717, 1.165) is 6.26 Å². The molecule has 0 aliphatic rings. The second-order valence-corrected chi connectivity index (χ2v) is 6.47. The smallest absolute Gasteiger partial charge is 0.320 e. The van der Waals surface area contributed by atoms with Crippen LogP contribution in [0.2, 0.25) is 0 Å². The number of benzene rings is 1. The Balaban J connectivity index is 2.45. The molecule has 0 radical (unpaired) electrons. The number of amides is 1. The van der Waals surface area contributed by atoms with Crippen molar-refractivity contribution in [1.29, 1.82) is 0 Å². The van der Waals surface area contributed by atoms with Crippen molar-refractivity contribution in [2.45, 2.75) is 23.8 Å². The van der Waals surface area contributed by atoms with Crippen LogP contribution in [0.3, 0.4) is 0 Å². The third kappa shape index (κ3) is 5.79. The predicted octanol–water partition coefficient (Wildman–Crippen LogP) is -0.275. The van der Waals surface area contributed by atoms with E-state index in [9.17, 15) is 18.0 Å². The van der Waals surface area contributed by atoms with Gasteiger partial charge >= 0.3 is 5.97 Å². The van der Waals surface area contributed by atoms with Crippen LogP contribution in [0.15, 0.2) is 29.2 Å². The molecule has 1 amide bonds. The summed E-state index contributed by atoms with van der Waals surface area (Å²) in [4.78, 5) is 22.1. The van der Waals surface area contributed by atoms with E-state index in [1.807, 2.05) is 0 Å². The molecule has 0 saturated heterocycles. The molecule has 1 rings (SSSR count). The van der Waals surface area contributed by atoms with E-state index in [4.69, 9.17) is 10.8 Å². The molecule has 0 spiro atoms. The Kier molecular flexibility index (Phi) is 5.68. The summed E-state index contributed by atoms with van der Waals surface area (Å²) in [6.45, 7) is 0. The van der Waals surface area contributed by atoms with Crippen molar-refractivity contribution in [1.82, 2.24) is 5.43 Å². The number of nitrogens with one attached hydrogen (secondary N) is 2. The van der Waals surface area contributed by atoms with Crippen LogP contribution in [-0.2, 0) is 19.4 Å². The van der Waals surface area contributed by atoms with Gasteiger partial charge in [-0.1, -0.05) is 0 Å². The molecular formula is C12H17N3O5S. The number of aliphatic carboxylic acids is 1. The van der Waals surface area contributed by atoms with Gasteiger partial charge in [-0.25, -0.2) is 8.42 Å². The van der Waals surface area contributed by atoms with E-state index >= 15 is 0 Å². The fraction of sp³-hybridized carbons (Fsp3) is 0.333. The van der Waals surface area contributed by atoms with E-state index < -0.39 is 27.8 Å². The predicted molar refractivity (Wildman–Crippen MR) is 76.2 cm³/mol. The summed E-state index contributed by atoms with van der Waals surface area (Å²) >= 11 is 0. The van der Waals surface area contributed by atoms with Gasteiger partial charge in [-0.2, -0.15) is 0 Å². The highest BCUT2D eigenvalue weighted by atomic mass is 32.2. The fourth-order valence-electron chi connectivity index (χ4n) is 1.40. The highest BCUT2D eigenvalue weighted by Crippen LogP contribution is 2.13. The number of hydrogen-bond donors (Lipinski definition) is 4. The molecule has 116 valence electrons. The summed E-state index contributed by atoms with van der Waals surface area (Å²) in [5.41, 5.74) is 10.7. The lowest BCUT2D eigenvalue weighted by Gasteiger charge is -2.10. The zero-order valence-electron chi connectivity index (χ0n) is 11.4. The van der Waals surface area contributed by atoms with Crippen LogP contribution in [0.1, 0.15) is 12.8 Å². The van der Waals surface area contributed by atoms with Crippen molar-refractivity contribution >= 4 is 27.4 Å². The minimum atomic E-state index is -3.26. The topological polar surface area (TPSA) is 139 Å². The Morgan fingerprint density at radius 3 is 2.33 bits per heavy atom. The molecule has 5 N–H and O–H groups in total. The average molecular weight is 315 g/mol. The van der Waals surface area contributed by atoms with E-state index in [2.05, 4.69) is 10.9 Å². The van der Waals surface area contributed by atoms with Crippen molar-refractivity contribution in [2.24, 2.45) is 5.73 Å². The maximum atomic E-state index is 11.5. The van der Waals surface area contributed by atoms with Crippen LogP contribution in [-0.4, -0.2) is 37.7 Å². The first kappa shape index (κ1) is 16.9. The molecule has 0 heterocycles. The Bertz CT molecular complexity index is 612. The monoisotopic (exact) mass is 315 g/mol. The van der Waals surface area contributed by atoms with Gasteiger partial charge in [0.15, 0.2) is 9.84 Å². The number of hydrogen-bond acceptors (Lipinski definition) is 6. The van der Waals surface area contributed by atoms with E-state index in [1.165, 1.54) is 24.3 Å². The maximum Gasteiger partial charge on any atom is 0.320 e. The molecule has 0 bridgehead atoms. The molecular weight excluding hydrogens is 298 g/mol. The van der Waals surface area contributed by atoms with Crippen LogP contribution in [0.5, 0.6) is 0 Å². The van der Waals surface area contributed by atoms with E-state index in [0.29, 0.717) is 5.69 Å². The van der Waals surface area contributed by atoms with E-state index in [-0.39, 0.29) is 17.7 Å². The van der Waals surface area contributed by atoms with Crippen molar-refractivity contribution in [3.05, 3.63) is 24.3 Å². The van der Waals surface area contributed by atoms with Crippen molar-refractivity contribution in [3.63, 3.8) is 0 Å². The van der Waals surface area contributed by atoms with Crippen LogP contribution in [0.4, 0.5) is 5.69 Å². The third-order valence-corrected chi connectivity index (χ3v) is 3.76. The quantitative estimate of drug-likeness (QED) is 0.508. The van der Waals surface area contributed by atoms with Gasteiger partial charge in [0, 0.05) is 12.7 Å². The summed E-state index contributed by atoms with van der Waals surface area (Å²) in [6, 6.07) is 4.73. The number of hydrazine groups is 1. The highest BCUT2D eigenvalue weighted by molar-refractivity contribution is 7.90. The molecule has 1 aromatic carbocycles. The number of carbonyl (C=O) groups excluding carboxylic acids is 1. The molecule has 8 nitrogen and oxygen atoms in total. The largest absolute Gasteiger partial charge is 0.480 e. The van der Waals surface area contributed by atoms with Gasteiger partial charge in [0.1, 0.15) is 6.04 Å². The molecule has 9 heteroatoms. The fourth-order valence-corrected chi connectivity index (χ4v) is 2.03. The molecule has 0 saturated carbocycles. The van der Waals surface area contributed by atoms with Crippen LogP contribution < -0.4 is 16.6 Å². The second-order valence-electron chi connectivity index (χ2n) is 4.45. The minimum absolute atomic E-state index is 0.0237. The maximum absolute atomic E-state index is 11.5. The van der Waals surface area contributed by atoms with Gasteiger partial charge in [-0.15, -0.1) is 0 Å².